The molecule has 1 aromatic rings. The molecule has 0 bridgehead atoms. The SMILES string of the molecule is CCOC(=O)CN1C(=O)CC(c2ccccc2)NC1=O. The predicted octanol–water partition coefficient (Wildman–Crippen LogP) is 1.23. The van der Waals surface area contributed by atoms with Crippen LogP contribution in [0.4, 0.5) is 4.79 Å². The van der Waals surface area contributed by atoms with Crippen LogP contribution in [0.1, 0.15) is 24.9 Å². The summed E-state index contributed by atoms with van der Waals surface area (Å²) >= 11 is 0. The Kier molecular flexibility index (Phi) is 4.34. The van der Waals surface area contributed by atoms with Crippen LogP contribution >= 0.6 is 0 Å². The van der Waals surface area contributed by atoms with Crippen molar-refractivity contribution in [3.63, 3.8) is 0 Å². The highest BCUT2D eigenvalue weighted by Crippen LogP contribution is 2.21. The normalized spacial score (nSPS) is 18.6. The molecule has 1 heterocycles. The molecule has 6 heteroatoms. The van der Waals surface area contributed by atoms with E-state index in [0.717, 1.165) is 10.5 Å². The number of benzene rings is 1. The van der Waals surface area contributed by atoms with Crippen molar-refractivity contribution >= 4 is 17.9 Å². The average Bonchev–Trinajstić information content (AvgIpc) is 2.44. The van der Waals surface area contributed by atoms with Gasteiger partial charge >= 0.3 is 12.0 Å². The molecule has 1 unspecified atom stereocenters. The maximum Gasteiger partial charge on any atom is 0.326 e. The highest BCUT2D eigenvalue weighted by molar-refractivity contribution is 6.00. The van der Waals surface area contributed by atoms with Crippen LogP contribution in [0.15, 0.2) is 30.3 Å². The van der Waals surface area contributed by atoms with Crippen LogP contribution in [0.5, 0.6) is 0 Å². The summed E-state index contributed by atoms with van der Waals surface area (Å²) in [5, 5.41) is 2.72. The molecule has 106 valence electrons. The third-order valence-corrected chi connectivity index (χ3v) is 3.02. The lowest BCUT2D eigenvalue weighted by atomic mass is 10.0. The van der Waals surface area contributed by atoms with Gasteiger partial charge < -0.3 is 10.1 Å². The third kappa shape index (κ3) is 3.14. The molecule has 1 atom stereocenters. The van der Waals surface area contributed by atoms with Crippen molar-refractivity contribution in [1.29, 1.82) is 0 Å². The quantitative estimate of drug-likeness (QED) is 0.839. The molecule has 1 fully saturated rings. The zero-order valence-corrected chi connectivity index (χ0v) is 11.2. The van der Waals surface area contributed by atoms with Gasteiger partial charge in [0.1, 0.15) is 6.54 Å². The summed E-state index contributed by atoms with van der Waals surface area (Å²) in [5.74, 6) is -0.968. The van der Waals surface area contributed by atoms with E-state index in [9.17, 15) is 14.4 Å². The summed E-state index contributed by atoms with van der Waals surface area (Å²) in [7, 11) is 0. The number of esters is 1. The second-order valence-corrected chi connectivity index (χ2v) is 4.40. The molecule has 0 aliphatic carbocycles. The molecule has 3 amide bonds. The molecule has 0 aromatic heterocycles. The van der Waals surface area contributed by atoms with Crippen LogP contribution in [-0.2, 0) is 14.3 Å². The minimum absolute atomic E-state index is 0.134. The molecule has 1 saturated heterocycles. The first kappa shape index (κ1) is 14.0. The zero-order chi connectivity index (χ0) is 14.5. The summed E-state index contributed by atoms with van der Waals surface area (Å²) in [6, 6.07) is 8.33. The van der Waals surface area contributed by atoms with Gasteiger partial charge in [0, 0.05) is 0 Å². The number of hydrogen-bond acceptors (Lipinski definition) is 4. The smallest absolute Gasteiger partial charge is 0.326 e. The van der Waals surface area contributed by atoms with E-state index in [1.807, 2.05) is 30.3 Å². The number of carbonyl (C=O) groups excluding carboxylic acids is 3. The van der Waals surface area contributed by atoms with Gasteiger partial charge in [0.2, 0.25) is 5.91 Å². The molecular weight excluding hydrogens is 260 g/mol. The van der Waals surface area contributed by atoms with Crippen molar-refractivity contribution in [2.45, 2.75) is 19.4 Å². The van der Waals surface area contributed by atoms with Gasteiger partial charge in [-0.3, -0.25) is 14.5 Å². The topological polar surface area (TPSA) is 75.7 Å². The van der Waals surface area contributed by atoms with Crippen molar-refractivity contribution in [3.05, 3.63) is 35.9 Å². The van der Waals surface area contributed by atoms with Crippen LogP contribution in [0.2, 0.25) is 0 Å². The van der Waals surface area contributed by atoms with Crippen LogP contribution in [-0.4, -0.2) is 36.0 Å². The van der Waals surface area contributed by atoms with E-state index in [1.165, 1.54) is 0 Å². The molecule has 20 heavy (non-hydrogen) atoms. The monoisotopic (exact) mass is 276 g/mol. The number of ether oxygens (including phenoxy) is 1. The summed E-state index contributed by atoms with van der Waals surface area (Å²) in [4.78, 5) is 36.1. The van der Waals surface area contributed by atoms with Gasteiger partial charge in [-0.25, -0.2) is 4.79 Å². The van der Waals surface area contributed by atoms with Crippen LogP contribution < -0.4 is 5.32 Å². The molecule has 6 nitrogen and oxygen atoms in total. The van der Waals surface area contributed by atoms with Crippen molar-refractivity contribution in [1.82, 2.24) is 10.2 Å². The standard InChI is InChI=1S/C14H16N2O4/c1-2-20-13(18)9-16-12(17)8-11(15-14(16)19)10-6-4-3-5-7-10/h3-7,11H,2,8-9H2,1H3,(H,15,19). The van der Waals surface area contributed by atoms with E-state index in [1.54, 1.807) is 6.92 Å². The Labute approximate surface area is 116 Å². The summed E-state index contributed by atoms with van der Waals surface area (Å²) in [6.45, 7) is 1.54. The fourth-order valence-corrected chi connectivity index (χ4v) is 2.06. The maximum atomic E-state index is 12.0. The zero-order valence-electron chi connectivity index (χ0n) is 11.2. The number of hydrogen-bond donors (Lipinski definition) is 1. The second kappa shape index (κ2) is 6.18. The lowest BCUT2D eigenvalue weighted by Gasteiger charge is -2.30. The van der Waals surface area contributed by atoms with Crippen LogP contribution in [0.25, 0.3) is 0 Å². The molecule has 0 saturated carbocycles. The van der Waals surface area contributed by atoms with Gasteiger partial charge in [0.25, 0.3) is 0 Å². The molecular formula is C14H16N2O4. The fourth-order valence-electron chi connectivity index (χ4n) is 2.06. The fraction of sp³-hybridized carbons (Fsp3) is 0.357. The van der Waals surface area contributed by atoms with Gasteiger partial charge in [-0.2, -0.15) is 0 Å². The number of carbonyl (C=O) groups is 3. The van der Waals surface area contributed by atoms with Crippen molar-refractivity contribution in [3.8, 4) is 0 Å². The van der Waals surface area contributed by atoms with Gasteiger partial charge in [-0.15, -0.1) is 0 Å². The Bertz CT molecular complexity index is 497. The predicted molar refractivity (Wildman–Crippen MR) is 70.7 cm³/mol. The summed E-state index contributed by atoms with van der Waals surface area (Å²) < 4.78 is 4.74. The largest absolute Gasteiger partial charge is 0.465 e. The van der Waals surface area contributed by atoms with Crippen molar-refractivity contribution in [2.75, 3.05) is 13.2 Å². The third-order valence-electron chi connectivity index (χ3n) is 3.02. The van der Waals surface area contributed by atoms with Gasteiger partial charge in [0.05, 0.1) is 19.1 Å². The average molecular weight is 276 g/mol. The first-order valence-electron chi connectivity index (χ1n) is 6.43. The number of urea groups is 1. The van der Waals surface area contributed by atoms with E-state index in [-0.39, 0.29) is 31.5 Å². The lowest BCUT2D eigenvalue weighted by Crippen LogP contribution is -2.53. The van der Waals surface area contributed by atoms with Crippen LogP contribution in [0, 0.1) is 0 Å². The van der Waals surface area contributed by atoms with E-state index >= 15 is 0 Å². The summed E-state index contributed by atoms with van der Waals surface area (Å²) in [5.41, 5.74) is 0.866. The van der Waals surface area contributed by atoms with E-state index in [0.29, 0.717) is 0 Å². The molecule has 1 N–H and O–H groups in total. The lowest BCUT2D eigenvalue weighted by molar-refractivity contribution is -0.147. The number of rotatable bonds is 4. The highest BCUT2D eigenvalue weighted by atomic mass is 16.5. The number of imide groups is 1. The maximum absolute atomic E-state index is 12.0. The number of nitrogens with one attached hydrogen (secondary N) is 1. The Hall–Kier alpha value is -2.37. The minimum Gasteiger partial charge on any atom is -0.465 e. The number of nitrogens with zero attached hydrogens (tertiary/aromatic N) is 1. The molecule has 1 aliphatic rings. The van der Waals surface area contributed by atoms with Crippen LogP contribution in [0.3, 0.4) is 0 Å². The Balaban J connectivity index is 2.04. The highest BCUT2D eigenvalue weighted by Gasteiger charge is 2.34. The first-order valence-corrected chi connectivity index (χ1v) is 6.43. The van der Waals surface area contributed by atoms with Gasteiger partial charge in [-0.1, -0.05) is 30.3 Å². The summed E-state index contributed by atoms with van der Waals surface area (Å²) in [6.07, 6.45) is 0.134. The van der Waals surface area contributed by atoms with E-state index in [2.05, 4.69) is 5.32 Å². The van der Waals surface area contributed by atoms with Crippen molar-refractivity contribution in [2.24, 2.45) is 0 Å². The molecule has 0 spiro atoms. The first-order chi connectivity index (χ1) is 9.61. The number of amides is 3. The molecule has 2 rings (SSSR count). The molecule has 1 aliphatic heterocycles. The van der Waals surface area contributed by atoms with Crippen molar-refractivity contribution < 1.29 is 19.1 Å². The van der Waals surface area contributed by atoms with E-state index < -0.39 is 12.0 Å². The van der Waals surface area contributed by atoms with Gasteiger partial charge in [0.15, 0.2) is 0 Å². The van der Waals surface area contributed by atoms with E-state index in [4.69, 9.17) is 4.74 Å². The minimum atomic E-state index is -0.589. The van der Waals surface area contributed by atoms with Gasteiger partial charge in [-0.05, 0) is 12.5 Å². The Morgan fingerprint density at radius 3 is 2.65 bits per heavy atom. The molecule has 1 aromatic carbocycles. The Morgan fingerprint density at radius 1 is 1.35 bits per heavy atom. The molecule has 0 radical (unpaired) electrons. The Morgan fingerprint density at radius 2 is 2.05 bits per heavy atom. The second-order valence-electron chi connectivity index (χ2n) is 4.40.